The fourth-order valence-corrected chi connectivity index (χ4v) is 5.81. The van der Waals surface area contributed by atoms with E-state index in [0.29, 0.717) is 15.8 Å². The van der Waals surface area contributed by atoms with Crippen LogP contribution in [0.3, 0.4) is 0 Å². The number of carbonyl (C=O) groups excluding carboxylic acids is 1. The Morgan fingerprint density at radius 1 is 1.07 bits per heavy atom. The maximum Gasteiger partial charge on any atom is 0.343 e. The lowest BCUT2D eigenvalue weighted by Gasteiger charge is -2.14. The van der Waals surface area contributed by atoms with E-state index in [9.17, 15) is 28.1 Å². The van der Waals surface area contributed by atoms with Gasteiger partial charge in [0.2, 0.25) is 5.88 Å². The summed E-state index contributed by atoms with van der Waals surface area (Å²) in [5.41, 5.74) is 0.227. The van der Waals surface area contributed by atoms with E-state index in [1.165, 1.54) is 50.6 Å². The number of nitrogens with one attached hydrogen (secondary N) is 2. The molecular formula is C28H24F2N8O6S. The van der Waals surface area contributed by atoms with Crippen LogP contribution in [0, 0.1) is 16.5 Å². The molecule has 5 rings (SSSR count). The van der Waals surface area contributed by atoms with E-state index in [1.54, 1.807) is 0 Å². The van der Waals surface area contributed by atoms with Gasteiger partial charge in [-0.1, -0.05) is 18.2 Å². The minimum absolute atomic E-state index is 0.0356. The van der Waals surface area contributed by atoms with Gasteiger partial charge >= 0.3 is 11.7 Å². The SMILES string of the molecule is [2H]C([2H])([2H])N(Cc1c(-c2ccc(NC(=O)NOC)cc2)sc2c1c(=O)n(-c1ccc(OC)nn1)c(=O)n2Cc1c(F)cccc1F)N=O. The number of ether oxygens (including phenoxy) is 1. The first-order valence-corrected chi connectivity index (χ1v) is 13.6. The van der Waals surface area contributed by atoms with Crippen molar-refractivity contribution in [2.75, 3.05) is 26.5 Å². The molecule has 3 aromatic heterocycles. The first kappa shape index (κ1) is 27.0. The molecule has 3 heterocycles. The van der Waals surface area contributed by atoms with Crippen LogP contribution in [0.4, 0.5) is 19.3 Å². The Morgan fingerprint density at radius 2 is 1.80 bits per heavy atom. The second-order valence-corrected chi connectivity index (χ2v) is 10.2. The molecule has 45 heavy (non-hydrogen) atoms. The number of hydrogen-bond acceptors (Lipinski definition) is 10. The van der Waals surface area contributed by atoms with Crippen LogP contribution in [0.2, 0.25) is 0 Å². The smallest absolute Gasteiger partial charge is 0.343 e. The molecule has 232 valence electrons. The molecule has 5 aromatic rings. The van der Waals surface area contributed by atoms with Gasteiger partial charge in [0.05, 0.1) is 38.0 Å². The number of hydroxylamine groups is 1. The van der Waals surface area contributed by atoms with Gasteiger partial charge in [0.15, 0.2) is 5.82 Å². The first-order valence-electron chi connectivity index (χ1n) is 14.3. The van der Waals surface area contributed by atoms with Gasteiger partial charge in [-0.3, -0.25) is 19.2 Å². The molecule has 2 aromatic carbocycles. The van der Waals surface area contributed by atoms with Crippen LogP contribution in [0.5, 0.6) is 5.88 Å². The molecule has 0 saturated heterocycles. The predicted octanol–water partition coefficient (Wildman–Crippen LogP) is 3.80. The highest BCUT2D eigenvalue weighted by molar-refractivity contribution is 7.22. The summed E-state index contributed by atoms with van der Waals surface area (Å²) in [6.07, 6.45) is 0. The maximum atomic E-state index is 14.9. The molecule has 17 heteroatoms. The molecule has 0 aliphatic carbocycles. The zero-order valence-electron chi connectivity index (χ0n) is 26.4. The van der Waals surface area contributed by atoms with Crippen molar-refractivity contribution in [3.63, 3.8) is 0 Å². The van der Waals surface area contributed by atoms with E-state index < -0.39 is 54.5 Å². The minimum Gasteiger partial charge on any atom is -0.480 e. The standard InChI is InChI=1S/C28H24F2N8O6S/c1-36(35-42)13-18-23-25(39)38(21-11-12-22(43-2)33-32-21)28(41)37(14-17-19(29)5-4-6-20(17)30)26(23)45-24(18)15-7-9-16(10-8-15)31-27(40)34-44-3/h4-12H,13-14H2,1-3H3,(H2,31,34,40)/i1D3. The van der Waals surface area contributed by atoms with Gasteiger partial charge in [0.1, 0.15) is 16.5 Å². The molecule has 0 aliphatic rings. The van der Waals surface area contributed by atoms with Gasteiger partial charge in [-0.25, -0.2) is 28.4 Å². The van der Waals surface area contributed by atoms with E-state index in [-0.39, 0.29) is 37.4 Å². The molecule has 2 amide bonds. The molecule has 2 N–H and O–H groups in total. The van der Waals surface area contributed by atoms with E-state index >= 15 is 0 Å². The van der Waals surface area contributed by atoms with Crippen molar-refractivity contribution in [3.05, 3.63) is 103 Å². The van der Waals surface area contributed by atoms with E-state index in [4.69, 9.17) is 8.85 Å². The van der Waals surface area contributed by atoms with Crippen LogP contribution in [0.25, 0.3) is 26.5 Å². The van der Waals surface area contributed by atoms with Gasteiger partial charge < -0.3 is 10.1 Å². The monoisotopic (exact) mass is 641 g/mol. The topological polar surface area (TPSA) is 162 Å². The highest BCUT2D eigenvalue weighted by Gasteiger charge is 2.26. The second kappa shape index (κ2) is 13.0. The fraction of sp³-hybridized carbons (Fsp3) is 0.179. The Bertz CT molecular complexity index is 2100. The van der Waals surface area contributed by atoms with Crippen LogP contribution < -0.4 is 26.8 Å². The Balaban J connectivity index is 1.84. The lowest BCUT2D eigenvalue weighted by molar-refractivity contribution is 0.114. The number of methoxy groups -OCH3 is 1. The number of anilines is 1. The lowest BCUT2D eigenvalue weighted by Crippen LogP contribution is -2.39. The third-order valence-corrected chi connectivity index (χ3v) is 7.83. The Morgan fingerprint density at radius 3 is 2.40 bits per heavy atom. The third-order valence-electron chi connectivity index (χ3n) is 6.52. The number of carbonyl (C=O) groups is 1. The van der Waals surface area contributed by atoms with Crippen molar-refractivity contribution in [1.82, 2.24) is 29.8 Å². The number of hydrogen-bond donors (Lipinski definition) is 2. The van der Waals surface area contributed by atoms with Gasteiger partial charge in [0.25, 0.3) is 5.56 Å². The molecule has 0 aliphatic heterocycles. The molecule has 0 radical (unpaired) electrons. The number of urea groups is 1. The van der Waals surface area contributed by atoms with Gasteiger partial charge in [-0.2, -0.15) is 0 Å². The van der Waals surface area contributed by atoms with Crippen molar-refractivity contribution in [1.29, 1.82) is 0 Å². The number of thiophene rings is 1. The van der Waals surface area contributed by atoms with Crippen LogP contribution in [0.1, 0.15) is 15.2 Å². The van der Waals surface area contributed by atoms with Crippen molar-refractivity contribution in [2.24, 2.45) is 5.29 Å². The number of amides is 2. The number of benzene rings is 2. The first-order chi connectivity index (χ1) is 22.9. The van der Waals surface area contributed by atoms with Gasteiger partial charge in [0, 0.05) is 38.8 Å². The fourth-order valence-electron chi connectivity index (χ4n) is 4.51. The summed E-state index contributed by atoms with van der Waals surface area (Å²) in [6.45, 7) is -4.47. The minimum atomic E-state index is -3.04. The van der Waals surface area contributed by atoms with Crippen LogP contribution in [-0.2, 0) is 17.9 Å². The second-order valence-electron chi connectivity index (χ2n) is 9.21. The zero-order chi connectivity index (χ0) is 34.7. The zero-order valence-corrected chi connectivity index (χ0v) is 24.2. The summed E-state index contributed by atoms with van der Waals surface area (Å²) in [4.78, 5) is 56.6. The average molecular weight is 642 g/mol. The summed E-state index contributed by atoms with van der Waals surface area (Å²) in [7, 11) is 2.57. The number of nitrogens with zero attached hydrogens (tertiary/aromatic N) is 6. The van der Waals surface area contributed by atoms with Crippen molar-refractivity contribution < 1.29 is 27.3 Å². The number of rotatable bonds is 10. The molecule has 0 saturated carbocycles. The van der Waals surface area contributed by atoms with Gasteiger partial charge in [-0.15, -0.1) is 26.4 Å². The Hall–Kier alpha value is -5.55. The molecular weight excluding hydrogens is 614 g/mol. The summed E-state index contributed by atoms with van der Waals surface area (Å²) >= 11 is 0.839. The summed E-state index contributed by atoms with van der Waals surface area (Å²) in [5.74, 6) is -2.15. The molecule has 0 spiro atoms. The highest BCUT2D eigenvalue weighted by atomic mass is 32.1. The van der Waals surface area contributed by atoms with E-state index in [0.717, 1.165) is 34.1 Å². The summed E-state index contributed by atoms with van der Waals surface area (Å²) < 4.78 is 59.8. The van der Waals surface area contributed by atoms with Crippen molar-refractivity contribution in [3.8, 4) is 22.1 Å². The maximum absolute atomic E-state index is 14.9. The molecule has 0 bridgehead atoms. The summed E-state index contributed by atoms with van der Waals surface area (Å²) in [5, 5.41) is 12.9. The number of fused-ring (bicyclic) bond motifs is 1. The number of halogens is 2. The predicted molar refractivity (Wildman–Crippen MR) is 161 cm³/mol. The Labute approximate surface area is 260 Å². The number of aromatic nitrogens is 4. The largest absolute Gasteiger partial charge is 0.480 e. The molecule has 14 nitrogen and oxygen atoms in total. The summed E-state index contributed by atoms with van der Waals surface area (Å²) in [6, 6.07) is 11.1. The van der Waals surface area contributed by atoms with E-state index in [1.807, 2.05) is 0 Å². The van der Waals surface area contributed by atoms with Crippen LogP contribution in [-0.4, -0.2) is 51.6 Å². The van der Waals surface area contributed by atoms with Gasteiger partial charge in [-0.05, 0) is 35.9 Å². The number of nitroso groups, excluding NO2 is 1. The van der Waals surface area contributed by atoms with Crippen molar-refractivity contribution >= 4 is 33.3 Å². The molecule has 0 atom stereocenters. The third kappa shape index (κ3) is 6.11. The average Bonchev–Trinajstić information content (AvgIpc) is 3.42. The Kier molecular flexibility index (Phi) is 7.80. The molecule has 0 unspecified atom stereocenters. The lowest BCUT2D eigenvalue weighted by atomic mass is 10.1. The van der Waals surface area contributed by atoms with E-state index in [2.05, 4.69) is 31.1 Å². The van der Waals surface area contributed by atoms with Crippen molar-refractivity contribution in [2.45, 2.75) is 13.1 Å². The molecule has 0 fully saturated rings. The van der Waals surface area contributed by atoms with Crippen LogP contribution in [0.15, 0.2) is 69.5 Å². The normalized spacial score (nSPS) is 12.2. The van der Waals surface area contributed by atoms with Crippen LogP contribution >= 0.6 is 11.3 Å². The highest BCUT2D eigenvalue weighted by Crippen LogP contribution is 2.38. The quantitative estimate of drug-likeness (QED) is 0.171.